The number of hydrogen-bond donors (Lipinski definition) is 3. The van der Waals surface area contributed by atoms with E-state index in [0.29, 0.717) is 17.8 Å². The highest BCUT2D eigenvalue weighted by Crippen LogP contribution is 2.15. The van der Waals surface area contributed by atoms with Crippen LogP contribution in [0.15, 0.2) is 18.5 Å². The van der Waals surface area contributed by atoms with Crippen LogP contribution in [0.25, 0.3) is 0 Å². The number of rotatable bonds is 6. The van der Waals surface area contributed by atoms with E-state index in [4.69, 9.17) is 5.73 Å². The Morgan fingerprint density at radius 1 is 1.42 bits per heavy atom. The van der Waals surface area contributed by atoms with Gasteiger partial charge in [-0.1, -0.05) is 0 Å². The minimum Gasteiger partial charge on any atom is -0.385 e. The second-order valence-corrected chi connectivity index (χ2v) is 4.93. The monoisotopic (exact) mass is 264 g/mol. The van der Waals surface area contributed by atoms with Crippen LogP contribution in [0.4, 0.5) is 5.69 Å². The lowest BCUT2D eigenvalue weighted by molar-refractivity contribution is -0.119. The van der Waals surface area contributed by atoms with Gasteiger partial charge in [0.2, 0.25) is 5.91 Å². The van der Waals surface area contributed by atoms with Crippen molar-refractivity contribution in [3.63, 3.8) is 0 Å². The summed E-state index contributed by atoms with van der Waals surface area (Å²) in [5, 5.41) is 5.87. The summed E-state index contributed by atoms with van der Waals surface area (Å²) in [7, 11) is 0. The smallest absolute Gasteiger partial charge is 0.255 e. The molecule has 0 aliphatic heterocycles. The molecular formula is C13H20N4O2. The molecule has 1 aromatic heterocycles. The number of pyridine rings is 1. The standard InChI is InChI=1S/C13H20N4O2/c1-4-16-10-5-6-15-8-9(10)12(19)17-13(2,3)7-11(14)18/h5-6,8H,4,7H2,1-3H3,(H2,14,18)(H,15,16)(H,17,19). The zero-order valence-corrected chi connectivity index (χ0v) is 11.5. The third kappa shape index (κ3) is 4.57. The Morgan fingerprint density at radius 2 is 2.11 bits per heavy atom. The van der Waals surface area contributed by atoms with E-state index in [1.807, 2.05) is 6.92 Å². The molecule has 2 amide bonds. The molecule has 4 N–H and O–H groups in total. The van der Waals surface area contributed by atoms with Crippen LogP contribution in [-0.4, -0.2) is 28.9 Å². The van der Waals surface area contributed by atoms with Gasteiger partial charge in [0.05, 0.1) is 11.3 Å². The third-order valence-corrected chi connectivity index (χ3v) is 2.50. The number of primary amides is 1. The van der Waals surface area contributed by atoms with E-state index in [1.165, 1.54) is 6.20 Å². The first-order chi connectivity index (χ1) is 8.85. The Hall–Kier alpha value is -2.11. The molecule has 0 bridgehead atoms. The fraction of sp³-hybridized carbons (Fsp3) is 0.462. The summed E-state index contributed by atoms with van der Waals surface area (Å²) in [6.07, 6.45) is 3.19. The van der Waals surface area contributed by atoms with E-state index in [9.17, 15) is 9.59 Å². The minimum atomic E-state index is -0.692. The van der Waals surface area contributed by atoms with Crippen molar-refractivity contribution in [3.8, 4) is 0 Å². The lowest BCUT2D eigenvalue weighted by Gasteiger charge is -2.25. The summed E-state index contributed by atoms with van der Waals surface area (Å²) in [5.41, 5.74) is 5.62. The van der Waals surface area contributed by atoms with Crippen LogP contribution in [0, 0.1) is 0 Å². The molecule has 104 valence electrons. The van der Waals surface area contributed by atoms with E-state index in [2.05, 4.69) is 15.6 Å². The summed E-state index contributed by atoms with van der Waals surface area (Å²) < 4.78 is 0. The summed E-state index contributed by atoms with van der Waals surface area (Å²) in [6, 6.07) is 1.74. The Labute approximate surface area is 112 Å². The Bertz CT molecular complexity index is 471. The van der Waals surface area contributed by atoms with Crippen molar-refractivity contribution in [2.24, 2.45) is 5.73 Å². The van der Waals surface area contributed by atoms with Gasteiger partial charge in [-0.05, 0) is 26.8 Å². The molecule has 0 aromatic carbocycles. The molecule has 0 fully saturated rings. The first-order valence-electron chi connectivity index (χ1n) is 6.14. The van der Waals surface area contributed by atoms with Gasteiger partial charge >= 0.3 is 0 Å². The first kappa shape index (κ1) is 14.9. The second-order valence-electron chi connectivity index (χ2n) is 4.93. The van der Waals surface area contributed by atoms with Crippen LogP contribution in [0.2, 0.25) is 0 Å². The van der Waals surface area contributed by atoms with Crippen molar-refractivity contribution in [3.05, 3.63) is 24.0 Å². The van der Waals surface area contributed by atoms with Crippen LogP contribution in [0.5, 0.6) is 0 Å². The van der Waals surface area contributed by atoms with Crippen molar-refractivity contribution in [1.29, 1.82) is 0 Å². The molecule has 1 rings (SSSR count). The molecule has 0 aliphatic carbocycles. The Morgan fingerprint density at radius 3 is 2.68 bits per heavy atom. The SMILES string of the molecule is CCNc1ccncc1C(=O)NC(C)(C)CC(N)=O. The summed E-state index contributed by atoms with van der Waals surface area (Å²) >= 11 is 0. The van der Waals surface area contributed by atoms with Gasteiger partial charge in [0, 0.05) is 30.9 Å². The van der Waals surface area contributed by atoms with Gasteiger partial charge in [0.1, 0.15) is 0 Å². The molecular weight excluding hydrogens is 244 g/mol. The molecule has 19 heavy (non-hydrogen) atoms. The molecule has 0 saturated heterocycles. The molecule has 6 nitrogen and oxygen atoms in total. The van der Waals surface area contributed by atoms with Crippen LogP contribution >= 0.6 is 0 Å². The van der Waals surface area contributed by atoms with E-state index < -0.39 is 11.4 Å². The van der Waals surface area contributed by atoms with E-state index >= 15 is 0 Å². The predicted molar refractivity (Wildman–Crippen MR) is 73.8 cm³/mol. The molecule has 1 aromatic rings. The number of nitrogens with zero attached hydrogens (tertiary/aromatic N) is 1. The molecule has 0 saturated carbocycles. The number of aromatic nitrogens is 1. The highest BCUT2D eigenvalue weighted by molar-refractivity contribution is 5.99. The summed E-state index contributed by atoms with van der Waals surface area (Å²) in [4.78, 5) is 27.1. The fourth-order valence-corrected chi connectivity index (χ4v) is 1.77. The normalized spacial score (nSPS) is 10.9. The van der Waals surface area contributed by atoms with Gasteiger partial charge in [-0.3, -0.25) is 14.6 Å². The van der Waals surface area contributed by atoms with Crippen molar-refractivity contribution in [1.82, 2.24) is 10.3 Å². The maximum atomic E-state index is 12.2. The van der Waals surface area contributed by atoms with Crippen molar-refractivity contribution >= 4 is 17.5 Å². The number of carbonyl (C=O) groups is 2. The lowest BCUT2D eigenvalue weighted by Crippen LogP contribution is -2.46. The quantitative estimate of drug-likeness (QED) is 0.711. The van der Waals surface area contributed by atoms with Gasteiger partial charge in [0.15, 0.2) is 0 Å². The van der Waals surface area contributed by atoms with E-state index in [0.717, 1.165) is 0 Å². The molecule has 1 heterocycles. The van der Waals surface area contributed by atoms with Gasteiger partial charge in [-0.2, -0.15) is 0 Å². The Kier molecular flexibility index (Phi) is 4.86. The van der Waals surface area contributed by atoms with Crippen LogP contribution < -0.4 is 16.4 Å². The summed E-state index contributed by atoms with van der Waals surface area (Å²) in [5.74, 6) is -0.737. The molecule has 0 spiro atoms. The molecule has 0 unspecified atom stereocenters. The van der Waals surface area contributed by atoms with E-state index in [1.54, 1.807) is 26.1 Å². The van der Waals surface area contributed by atoms with Gasteiger partial charge in [-0.25, -0.2) is 0 Å². The molecule has 0 radical (unpaired) electrons. The van der Waals surface area contributed by atoms with Gasteiger partial charge in [-0.15, -0.1) is 0 Å². The van der Waals surface area contributed by atoms with Crippen molar-refractivity contribution < 1.29 is 9.59 Å². The average Bonchev–Trinajstić information content (AvgIpc) is 2.27. The third-order valence-electron chi connectivity index (χ3n) is 2.50. The zero-order chi connectivity index (χ0) is 14.5. The Balaban J connectivity index is 2.86. The van der Waals surface area contributed by atoms with Gasteiger partial charge in [0.25, 0.3) is 5.91 Å². The molecule has 6 heteroatoms. The molecule has 0 atom stereocenters. The maximum Gasteiger partial charge on any atom is 0.255 e. The second kappa shape index (κ2) is 6.17. The van der Waals surface area contributed by atoms with E-state index in [-0.39, 0.29) is 12.3 Å². The molecule has 0 aliphatic rings. The summed E-state index contributed by atoms with van der Waals surface area (Å²) in [6.45, 7) is 6.14. The number of nitrogens with one attached hydrogen (secondary N) is 2. The van der Waals surface area contributed by atoms with Crippen molar-refractivity contribution in [2.45, 2.75) is 32.7 Å². The largest absolute Gasteiger partial charge is 0.385 e. The maximum absolute atomic E-state index is 12.2. The predicted octanol–water partition coefficient (Wildman–Crippen LogP) is 0.897. The zero-order valence-electron chi connectivity index (χ0n) is 11.5. The first-order valence-corrected chi connectivity index (χ1v) is 6.14. The number of hydrogen-bond acceptors (Lipinski definition) is 4. The number of anilines is 1. The number of nitrogens with two attached hydrogens (primary N) is 1. The highest BCUT2D eigenvalue weighted by atomic mass is 16.2. The van der Waals surface area contributed by atoms with Crippen molar-refractivity contribution in [2.75, 3.05) is 11.9 Å². The topological polar surface area (TPSA) is 97.1 Å². The minimum absolute atomic E-state index is 0.0789. The van der Waals surface area contributed by atoms with Crippen LogP contribution in [0.3, 0.4) is 0 Å². The fourth-order valence-electron chi connectivity index (χ4n) is 1.77. The lowest BCUT2D eigenvalue weighted by atomic mass is 9.99. The average molecular weight is 264 g/mol. The number of carbonyl (C=O) groups excluding carboxylic acids is 2. The number of amides is 2. The van der Waals surface area contributed by atoms with Crippen LogP contribution in [-0.2, 0) is 4.79 Å². The van der Waals surface area contributed by atoms with Gasteiger partial charge < -0.3 is 16.4 Å². The highest BCUT2D eigenvalue weighted by Gasteiger charge is 2.24. The van der Waals surface area contributed by atoms with Crippen LogP contribution in [0.1, 0.15) is 37.6 Å².